The zero-order valence-electron chi connectivity index (χ0n) is 16.0. The maximum atomic E-state index is 12.5. The van der Waals surface area contributed by atoms with Crippen LogP contribution in [0.1, 0.15) is 27.1 Å². The molecule has 1 aliphatic rings. The third kappa shape index (κ3) is 3.66. The highest BCUT2D eigenvalue weighted by Gasteiger charge is 2.35. The fourth-order valence-electron chi connectivity index (χ4n) is 3.49. The third-order valence-electron chi connectivity index (χ3n) is 5.05. The number of carbonyl (C=O) groups is 3. The number of fused-ring (bicyclic) bond motifs is 2. The van der Waals surface area contributed by atoms with Gasteiger partial charge in [-0.25, -0.2) is 4.98 Å². The molecule has 154 valence electrons. The molecule has 3 heterocycles. The normalized spacial score (nSPS) is 13.1. The number of benzene rings is 2. The van der Waals surface area contributed by atoms with Gasteiger partial charge in [0.2, 0.25) is 5.91 Å². The van der Waals surface area contributed by atoms with Crippen molar-refractivity contribution in [3.05, 3.63) is 75.8 Å². The minimum atomic E-state index is -0.376. The molecule has 0 radical (unpaired) electrons. The van der Waals surface area contributed by atoms with Gasteiger partial charge in [-0.2, -0.15) is 0 Å². The predicted molar refractivity (Wildman–Crippen MR) is 121 cm³/mol. The lowest BCUT2D eigenvalue weighted by Gasteiger charge is -2.13. The number of anilines is 1. The Balaban J connectivity index is 1.21. The van der Waals surface area contributed by atoms with Crippen LogP contribution in [0.2, 0.25) is 0 Å². The first-order valence-corrected chi connectivity index (χ1v) is 11.1. The standard InChI is InChI=1S/C22H15BrN4O3S/c23-14-3-6-16-17(11-14)21(30)27(20(16)29)8-7-19(28)24-15-4-1-13(2-5-15)18-12-26-9-10-31-22(26)25-18/h1-6,9-12H,7-8H2,(H,24,28). The van der Waals surface area contributed by atoms with Crippen molar-refractivity contribution in [1.29, 1.82) is 0 Å². The molecule has 4 aromatic rings. The molecule has 5 rings (SSSR count). The maximum Gasteiger partial charge on any atom is 0.261 e. The first-order valence-electron chi connectivity index (χ1n) is 9.48. The number of nitrogens with one attached hydrogen (secondary N) is 1. The van der Waals surface area contributed by atoms with Gasteiger partial charge in [0.1, 0.15) is 0 Å². The fourth-order valence-corrected chi connectivity index (χ4v) is 4.55. The van der Waals surface area contributed by atoms with Gasteiger partial charge >= 0.3 is 0 Å². The number of carbonyl (C=O) groups excluding carboxylic acids is 3. The zero-order valence-corrected chi connectivity index (χ0v) is 18.4. The van der Waals surface area contributed by atoms with E-state index in [0.717, 1.165) is 25.6 Å². The number of halogens is 1. The molecule has 3 amide bonds. The highest BCUT2D eigenvalue weighted by Crippen LogP contribution is 2.26. The van der Waals surface area contributed by atoms with Crippen molar-refractivity contribution < 1.29 is 14.4 Å². The molecule has 0 bridgehead atoms. The lowest BCUT2D eigenvalue weighted by molar-refractivity contribution is -0.116. The van der Waals surface area contributed by atoms with Crippen LogP contribution in [-0.2, 0) is 4.79 Å². The Kier molecular flexibility index (Phi) is 4.91. The molecular formula is C22H15BrN4O3S. The maximum absolute atomic E-state index is 12.5. The summed E-state index contributed by atoms with van der Waals surface area (Å²) in [6.07, 6.45) is 3.93. The van der Waals surface area contributed by atoms with E-state index in [1.165, 1.54) is 0 Å². The summed E-state index contributed by atoms with van der Waals surface area (Å²) in [6, 6.07) is 12.4. The van der Waals surface area contributed by atoms with Crippen LogP contribution >= 0.6 is 27.3 Å². The molecule has 7 nitrogen and oxygen atoms in total. The van der Waals surface area contributed by atoms with E-state index < -0.39 is 0 Å². The van der Waals surface area contributed by atoms with Crippen LogP contribution in [0.3, 0.4) is 0 Å². The molecule has 31 heavy (non-hydrogen) atoms. The average Bonchev–Trinajstić information content (AvgIpc) is 3.41. The van der Waals surface area contributed by atoms with Crippen LogP contribution in [0.5, 0.6) is 0 Å². The van der Waals surface area contributed by atoms with Crippen LogP contribution in [0.4, 0.5) is 5.69 Å². The third-order valence-corrected chi connectivity index (χ3v) is 6.32. The molecule has 0 spiro atoms. The van der Waals surface area contributed by atoms with Gasteiger partial charge in [-0.3, -0.25) is 23.7 Å². The van der Waals surface area contributed by atoms with Crippen molar-refractivity contribution >= 4 is 55.6 Å². The van der Waals surface area contributed by atoms with Gasteiger partial charge in [0.05, 0.1) is 16.8 Å². The molecule has 0 atom stereocenters. The van der Waals surface area contributed by atoms with E-state index in [1.54, 1.807) is 41.7 Å². The van der Waals surface area contributed by atoms with Crippen molar-refractivity contribution in [2.24, 2.45) is 0 Å². The molecule has 0 saturated heterocycles. The highest BCUT2D eigenvalue weighted by atomic mass is 79.9. The Labute approximate surface area is 189 Å². The topological polar surface area (TPSA) is 83.8 Å². The minimum absolute atomic E-state index is 0.0196. The predicted octanol–water partition coefficient (Wildman–Crippen LogP) is 4.45. The lowest BCUT2D eigenvalue weighted by Crippen LogP contribution is -2.32. The fraction of sp³-hybridized carbons (Fsp3) is 0.0909. The number of thiazole rings is 1. The van der Waals surface area contributed by atoms with Crippen LogP contribution in [-0.4, -0.2) is 38.6 Å². The first kappa shape index (κ1) is 19.7. The molecule has 0 aliphatic carbocycles. The van der Waals surface area contributed by atoms with Crippen LogP contribution in [0.15, 0.2) is 64.7 Å². The number of hydrogen-bond acceptors (Lipinski definition) is 5. The largest absolute Gasteiger partial charge is 0.326 e. The molecular weight excluding hydrogens is 480 g/mol. The molecule has 9 heteroatoms. The summed E-state index contributed by atoms with van der Waals surface area (Å²) in [7, 11) is 0. The van der Waals surface area contributed by atoms with Crippen LogP contribution in [0.25, 0.3) is 16.2 Å². The Morgan fingerprint density at radius 1 is 1.06 bits per heavy atom. The molecule has 1 N–H and O–H groups in total. The van der Waals surface area contributed by atoms with E-state index in [9.17, 15) is 14.4 Å². The van der Waals surface area contributed by atoms with Crippen molar-refractivity contribution in [1.82, 2.24) is 14.3 Å². The number of imidazole rings is 1. The Bertz CT molecular complexity index is 1310. The minimum Gasteiger partial charge on any atom is -0.326 e. The summed E-state index contributed by atoms with van der Waals surface area (Å²) < 4.78 is 2.69. The van der Waals surface area contributed by atoms with Gasteiger partial charge in [0, 0.05) is 46.5 Å². The molecule has 2 aromatic carbocycles. The molecule has 1 aliphatic heterocycles. The number of hydrogen-bond donors (Lipinski definition) is 1. The second-order valence-electron chi connectivity index (χ2n) is 7.05. The second kappa shape index (κ2) is 7.75. The molecule has 0 saturated carbocycles. The average molecular weight is 495 g/mol. The molecule has 2 aromatic heterocycles. The van der Waals surface area contributed by atoms with E-state index in [1.807, 2.05) is 34.3 Å². The van der Waals surface area contributed by atoms with Crippen molar-refractivity contribution in [2.45, 2.75) is 6.42 Å². The van der Waals surface area contributed by atoms with Gasteiger partial charge in [0.25, 0.3) is 11.8 Å². The number of rotatable bonds is 5. The summed E-state index contributed by atoms with van der Waals surface area (Å²) in [6.45, 7) is 0.0271. The quantitative estimate of drug-likeness (QED) is 0.415. The summed E-state index contributed by atoms with van der Waals surface area (Å²) in [5, 5.41) is 4.78. The Morgan fingerprint density at radius 2 is 1.84 bits per heavy atom. The number of nitrogens with zero attached hydrogens (tertiary/aromatic N) is 3. The lowest BCUT2D eigenvalue weighted by atomic mass is 10.1. The van der Waals surface area contributed by atoms with E-state index in [2.05, 4.69) is 26.2 Å². The van der Waals surface area contributed by atoms with Crippen molar-refractivity contribution in [3.8, 4) is 11.3 Å². The van der Waals surface area contributed by atoms with E-state index in [4.69, 9.17) is 0 Å². The van der Waals surface area contributed by atoms with Gasteiger partial charge in [-0.15, -0.1) is 11.3 Å². The summed E-state index contributed by atoms with van der Waals surface area (Å²) >= 11 is 4.88. The van der Waals surface area contributed by atoms with Crippen LogP contribution < -0.4 is 5.32 Å². The van der Waals surface area contributed by atoms with Gasteiger partial charge < -0.3 is 5.32 Å². The summed E-state index contributed by atoms with van der Waals surface area (Å²) in [4.78, 5) is 43.9. The Hall–Kier alpha value is -3.30. The summed E-state index contributed by atoms with van der Waals surface area (Å²) in [5.41, 5.74) is 3.17. The second-order valence-corrected chi connectivity index (χ2v) is 8.84. The number of imide groups is 1. The number of aromatic nitrogens is 2. The summed E-state index contributed by atoms with van der Waals surface area (Å²) in [5.74, 6) is -1.02. The molecule has 0 unspecified atom stereocenters. The van der Waals surface area contributed by atoms with Gasteiger partial charge in [0.15, 0.2) is 4.96 Å². The van der Waals surface area contributed by atoms with E-state index >= 15 is 0 Å². The van der Waals surface area contributed by atoms with Crippen LogP contribution in [0, 0.1) is 0 Å². The SMILES string of the molecule is O=C(CCN1C(=O)c2ccc(Br)cc2C1=O)Nc1ccc(-c2cn3ccsc3n2)cc1. The van der Waals surface area contributed by atoms with Crippen molar-refractivity contribution in [3.63, 3.8) is 0 Å². The smallest absolute Gasteiger partial charge is 0.261 e. The Morgan fingerprint density at radius 3 is 2.61 bits per heavy atom. The van der Waals surface area contributed by atoms with Gasteiger partial charge in [-0.05, 0) is 30.3 Å². The zero-order chi connectivity index (χ0) is 21.5. The highest BCUT2D eigenvalue weighted by molar-refractivity contribution is 9.10. The number of amides is 3. The molecule has 0 fully saturated rings. The van der Waals surface area contributed by atoms with Crippen molar-refractivity contribution in [2.75, 3.05) is 11.9 Å². The first-order chi connectivity index (χ1) is 15.0. The van der Waals surface area contributed by atoms with E-state index in [0.29, 0.717) is 16.8 Å². The van der Waals surface area contributed by atoms with Gasteiger partial charge in [-0.1, -0.05) is 28.1 Å². The van der Waals surface area contributed by atoms with E-state index in [-0.39, 0.29) is 30.7 Å². The monoisotopic (exact) mass is 494 g/mol.